The van der Waals surface area contributed by atoms with Crippen LogP contribution < -0.4 is 5.32 Å². The second-order valence-electron chi connectivity index (χ2n) is 8.10. The summed E-state index contributed by atoms with van der Waals surface area (Å²) in [6, 6.07) is 1.54. The van der Waals surface area contributed by atoms with E-state index in [2.05, 4.69) is 30.5 Å². The zero-order chi connectivity index (χ0) is 22.5. The average molecular weight is 444 g/mol. The molecule has 1 aliphatic carbocycles. The Balaban J connectivity index is 1.36. The Morgan fingerprint density at radius 2 is 1.88 bits per heavy atom. The molecule has 9 nitrogen and oxygen atoms in total. The van der Waals surface area contributed by atoms with Crippen LogP contribution in [0, 0.1) is 12.8 Å². The van der Waals surface area contributed by atoms with Gasteiger partial charge < -0.3 is 10.2 Å². The van der Waals surface area contributed by atoms with Gasteiger partial charge in [0.1, 0.15) is 11.5 Å². The van der Waals surface area contributed by atoms with E-state index in [0.717, 1.165) is 24.6 Å². The van der Waals surface area contributed by atoms with Crippen LogP contribution in [0.3, 0.4) is 0 Å². The molecular weight excluding hydrogens is 425 g/mol. The highest BCUT2D eigenvalue weighted by molar-refractivity contribution is 5.96. The molecule has 0 aromatic carbocycles. The maximum atomic E-state index is 13.4. The maximum absolute atomic E-state index is 13.4. The molecule has 3 aromatic heterocycles. The Morgan fingerprint density at radius 3 is 2.53 bits per heavy atom. The van der Waals surface area contributed by atoms with Crippen molar-refractivity contribution in [2.75, 3.05) is 11.9 Å². The highest BCUT2D eigenvalue weighted by atomic mass is 19.4. The SMILES string of the molecule is Cc1cnc(C(=O)N2C[C@H]3CC(Nc4cnc(C(F)(F)F)cn4)C2C3)c(-n2nccn2)c1. The van der Waals surface area contributed by atoms with Crippen molar-refractivity contribution in [1.29, 1.82) is 0 Å². The van der Waals surface area contributed by atoms with Crippen LogP contribution in [0.1, 0.15) is 34.6 Å². The van der Waals surface area contributed by atoms with Crippen molar-refractivity contribution in [3.8, 4) is 5.69 Å². The van der Waals surface area contributed by atoms with Crippen LogP contribution in [0.25, 0.3) is 5.69 Å². The van der Waals surface area contributed by atoms with Gasteiger partial charge in [0.2, 0.25) is 0 Å². The third kappa shape index (κ3) is 3.65. The summed E-state index contributed by atoms with van der Waals surface area (Å²) in [5, 5.41) is 11.4. The number of aryl methyl sites for hydroxylation is 1. The molecule has 2 aliphatic rings. The van der Waals surface area contributed by atoms with Crippen LogP contribution >= 0.6 is 0 Å². The number of pyridine rings is 1. The number of piperidine rings is 1. The Kier molecular flexibility index (Phi) is 4.79. The van der Waals surface area contributed by atoms with Crippen LogP contribution in [-0.4, -0.2) is 59.4 Å². The molecule has 1 saturated heterocycles. The number of likely N-dealkylation sites (tertiary alicyclic amines) is 1. The molecule has 0 spiro atoms. The van der Waals surface area contributed by atoms with Gasteiger partial charge in [-0.1, -0.05) is 0 Å². The summed E-state index contributed by atoms with van der Waals surface area (Å²) >= 11 is 0. The fraction of sp³-hybridized carbons (Fsp3) is 0.400. The van der Waals surface area contributed by atoms with E-state index in [-0.39, 0.29) is 29.5 Å². The van der Waals surface area contributed by atoms with Crippen LogP contribution in [0.2, 0.25) is 0 Å². The van der Waals surface area contributed by atoms with E-state index in [9.17, 15) is 18.0 Å². The molecule has 32 heavy (non-hydrogen) atoms. The third-order valence-electron chi connectivity index (χ3n) is 5.86. The van der Waals surface area contributed by atoms with Gasteiger partial charge in [-0.2, -0.15) is 23.4 Å². The van der Waals surface area contributed by atoms with Gasteiger partial charge in [-0.3, -0.25) is 4.79 Å². The number of anilines is 1. The number of amides is 1. The minimum absolute atomic E-state index is 0.127. The molecule has 1 aliphatic heterocycles. The number of nitrogens with zero attached hydrogens (tertiary/aromatic N) is 7. The van der Waals surface area contributed by atoms with Gasteiger partial charge in [0, 0.05) is 18.8 Å². The Bertz CT molecular complexity index is 1130. The van der Waals surface area contributed by atoms with Crippen molar-refractivity contribution < 1.29 is 18.0 Å². The van der Waals surface area contributed by atoms with Gasteiger partial charge in [-0.05, 0) is 37.3 Å². The minimum atomic E-state index is -4.54. The molecule has 3 atom stereocenters. The lowest BCUT2D eigenvalue weighted by Crippen LogP contribution is -2.48. The molecule has 0 radical (unpaired) electrons. The Morgan fingerprint density at radius 1 is 1.09 bits per heavy atom. The fourth-order valence-corrected chi connectivity index (χ4v) is 4.50. The largest absolute Gasteiger partial charge is 0.434 e. The van der Waals surface area contributed by atoms with E-state index in [1.165, 1.54) is 17.2 Å². The average Bonchev–Trinajstić information content (AvgIpc) is 3.50. The van der Waals surface area contributed by atoms with Gasteiger partial charge >= 0.3 is 6.18 Å². The van der Waals surface area contributed by atoms with Gasteiger partial charge in [-0.15, -0.1) is 4.80 Å². The quantitative estimate of drug-likeness (QED) is 0.660. The van der Waals surface area contributed by atoms with Gasteiger partial charge in [0.15, 0.2) is 11.4 Å². The monoisotopic (exact) mass is 444 g/mol. The van der Waals surface area contributed by atoms with Crippen LogP contribution in [0.4, 0.5) is 19.0 Å². The van der Waals surface area contributed by atoms with E-state index < -0.39 is 11.9 Å². The zero-order valence-corrected chi connectivity index (χ0v) is 17.0. The van der Waals surface area contributed by atoms with Crippen LogP contribution in [0.5, 0.6) is 0 Å². The predicted octanol–water partition coefficient (Wildman–Crippen LogP) is 2.49. The zero-order valence-electron chi connectivity index (χ0n) is 17.0. The minimum Gasteiger partial charge on any atom is -0.364 e. The molecule has 1 amide bonds. The number of hydrogen-bond donors (Lipinski definition) is 1. The number of carbonyl (C=O) groups is 1. The summed E-state index contributed by atoms with van der Waals surface area (Å²) in [5.74, 6) is 0.313. The maximum Gasteiger partial charge on any atom is 0.434 e. The molecule has 12 heteroatoms. The summed E-state index contributed by atoms with van der Waals surface area (Å²) in [4.78, 5) is 28.2. The lowest BCUT2D eigenvalue weighted by molar-refractivity contribution is -0.141. The summed E-state index contributed by atoms with van der Waals surface area (Å²) < 4.78 is 38.2. The highest BCUT2D eigenvalue weighted by Crippen LogP contribution is 2.40. The van der Waals surface area contributed by atoms with Crippen molar-refractivity contribution in [2.24, 2.45) is 5.92 Å². The number of aromatic nitrogens is 6. The molecule has 4 heterocycles. The van der Waals surface area contributed by atoms with Crippen molar-refractivity contribution in [1.82, 2.24) is 34.8 Å². The molecule has 166 valence electrons. The summed E-state index contributed by atoms with van der Waals surface area (Å²) in [6.45, 7) is 2.47. The molecule has 5 rings (SSSR count). The first kappa shape index (κ1) is 20.3. The van der Waals surface area contributed by atoms with Gasteiger partial charge in [0.05, 0.1) is 30.8 Å². The lowest BCUT2D eigenvalue weighted by atomic mass is 10.0. The van der Waals surface area contributed by atoms with Crippen molar-refractivity contribution in [3.05, 3.63) is 54.0 Å². The first-order valence-corrected chi connectivity index (χ1v) is 10.1. The van der Waals surface area contributed by atoms with E-state index >= 15 is 0 Å². The normalized spacial score (nSPS) is 22.4. The standard InChI is InChI=1S/C20H19F3N8O/c1-11-4-15(31-27-2-3-28-31)18(26-7-11)19(32)30-10-12-5-13(14(30)6-12)29-17-9-24-16(8-25-17)20(21,22)23/h2-4,7-9,12-14H,5-6,10H2,1H3,(H,25,29)/t12-,13?,14?/m0/s1. The van der Waals surface area contributed by atoms with E-state index in [4.69, 9.17) is 0 Å². The topological polar surface area (TPSA) is 102 Å². The van der Waals surface area contributed by atoms with Crippen LogP contribution in [0.15, 0.2) is 37.1 Å². The first-order chi connectivity index (χ1) is 15.3. The van der Waals surface area contributed by atoms with Gasteiger partial charge in [-0.25, -0.2) is 15.0 Å². The summed E-state index contributed by atoms with van der Waals surface area (Å²) in [5.41, 5.74) is 0.587. The Labute approximate surface area is 180 Å². The molecule has 2 unspecified atom stereocenters. The van der Waals surface area contributed by atoms with E-state index in [1.807, 2.05) is 13.0 Å². The number of halogens is 3. The molecule has 1 N–H and O–H groups in total. The predicted molar refractivity (Wildman–Crippen MR) is 106 cm³/mol. The molecule has 2 bridgehead atoms. The number of rotatable bonds is 4. The number of nitrogens with one attached hydrogen (secondary N) is 1. The Hall–Kier alpha value is -3.57. The van der Waals surface area contributed by atoms with E-state index in [1.54, 1.807) is 11.1 Å². The van der Waals surface area contributed by atoms with Crippen molar-refractivity contribution in [2.45, 2.75) is 38.0 Å². The van der Waals surface area contributed by atoms with Gasteiger partial charge in [0.25, 0.3) is 5.91 Å². The highest BCUT2D eigenvalue weighted by Gasteiger charge is 2.48. The molecule has 3 aromatic rings. The fourth-order valence-electron chi connectivity index (χ4n) is 4.50. The summed E-state index contributed by atoms with van der Waals surface area (Å²) in [7, 11) is 0. The van der Waals surface area contributed by atoms with Crippen molar-refractivity contribution >= 4 is 11.7 Å². The number of alkyl halides is 3. The second-order valence-corrected chi connectivity index (χ2v) is 8.10. The molecular formula is C20H19F3N8O. The number of carbonyl (C=O) groups excluding carboxylic acids is 1. The van der Waals surface area contributed by atoms with Crippen molar-refractivity contribution in [3.63, 3.8) is 0 Å². The third-order valence-corrected chi connectivity index (χ3v) is 5.86. The summed E-state index contributed by atoms with van der Waals surface area (Å²) in [6.07, 6.45) is 3.52. The molecule has 2 fully saturated rings. The first-order valence-electron chi connectivity index (χ1n) is 10.1. The van der Waals surface area contributed by atoms with E-state index in [0.29, 0.717) is 24.3 Å². The smallest absolute Gasteiger partial charge is 0.364 e. The number of fused-ring (bicyclic) bond motifs is 2. The lowest BCUT2D eigenvalue weighted by Gasteiger charge is -2.34. The molecule has 1 saturated carbocycles. The second kappa shape index (κ2) is 7.53. The number of hydrogen-bond acceptors (Lipinski definition) is 7. The van der Waals surface area contributed by atoms with Crippen LogP contribution in [-0.2, 0) is 6.18 Å².